The highest BCUT2D eigenvalue weighted by Crippen LogP contribution is 2.33. The molecule has 2 heterocycles. The van der Waals surface area contributed by atoms with Gasteiger partial charge in [0.2, 0.25) is 0 Å². The maximum absolute atomic E-state index is 12.8. The number of aliphatic hydroxyl groups excluding tert-OH is 2. The van der Waals surface area contributed by atoms with Crippen molar-refractivity contribution < 1.29 is 15.0 Å². The van der Waals surface area contributed by atoms with Crippen molar-refractivity contribution >= 4 is 5.91 Å². The molecule has 3 atom stereocenters. The van der Waals surface area contributed by atoms with E-state index in [1.165, 1.54) is 31.2 Å². The Morgan fingerprint density at radius 2 is 1.88 bits per heavy atom. The Balaban J connectivity index is 1.45. The van der Waals surface area contributed by atoms with Gasteiger partial charge in [-0.25, -0.2) is 0 Å². The summed E-state index contributed by atoms with van der Waals surface area (Å²) in [6.07, 6.45) is 5.99. The van der Waals surface area contributed by atoms with Crippen LogP contribution in [0.5, 0.6) is 0 Å². The molecule has 2 fully saturated rings. The molecule has 2 aliphatic heterocycles. The van der Waals surface area contributed by atoms with Gasteiger partial charge >= 0.3 is 0 Å². The molecular weight excluding hydrogens is 328 g/mol. The van der Waals surface area contributed by atoms with Crippen LogP contribution in [0.1, 0.15) is 66.9 Å². The Morgan fingerprint density at radius 3 is 2.62 bits per heavy atom. The summed E-state index contributed by atoms with van der Waals surface area (Å²) in [5, 5.41) is 22.6. The van der Waals surface area contributed by atoms with Crippen LogP contribution in [0.25, 0.3) is 0 Å². The minimum atomic E-state index is -0.874. The summed E-state index contributed by atoms with van der Waals surface area (Å²) in [7, 11) is 0. The Kier molecular flexibility index (Phi) is 5.04. The molecule has 3 aliphatic rings. The van der Waals surface area contributed by atoms with Crippen molar-refractivity contribution in [3.63, 3.8) is 0 Å². The number of fused-ring (bicyclic) bond motifs is 1. The lowest BCUT2D eigenvalue weighted by molar-refractivity contribution is -0.0477. The number of nitrogens with zero attached hydrogens (tertiary/aromatic N) is 1. The molecule has 0 bridgehead atoms. The van der Waals surface area contributed by atoms with Gasteiger partial charge in [0.1, 0.15) is 12.5 Å². The second-order valence-electron chi connectivity index (χ2n) is 8.53. The van der Waals surface area contributed by atoms with E-state index in [2.05, 4.69) is 24.4 Å². The molecule has 3 unspecified atom stereocenters. The van der Waals surface area contributed by atoms with Crippen molar-refractivity contribution in [3.05, 3.63) is 34.9 Å². The number of amides is 1. The van der Waals surface area contributed by atoms with Crippen LogP contribution in [0.3, 0.4) is 0 Å². The number of nitrogens with one attached hydrogen (secondary N) is 1. The first kappa shape index (κ1) is 18.0. The third kappa shape index (κ3) is 3.53. The van der Waals surface area contributed by atoms with Gasteiger partial charge in [-0.05, 0) is 61.1 Å². The number of benzene rings is 1. The maximum Gasteiger partial charge on any atom is 0.254 e. The van der Waals surface area contributed by atoms with Crippen molar-refractivity contribution in [2.75, 3.05) is 0 Å². The monoisotopic (exact) mass is 358 g/mol. The standard InChI is InChI=1S/C21H30N2O3/c1-13-2-4-14(5-3-13)10-15-6-7-17-16(11-15)12-23(21(17)26)18-8-9-19(24)22-20(18)25/h6-7,11,13-14,18-20,22,24-25H,2-5,8-10,12H2,1H3. The van der Waals surface area contributed by atoms with E-state index >= 15 is 0 Å². The molecule has 4 rings (SSSR count). The van der Waals surface area contributed by atoms with E-state index < -0.39 is 12.5 Å². The predicted octanol–water partition coefficient (Wildman–Crippen LogP) is 2.40. The van der Waals surface area contributed by atoms with Crippen LogP contribution in [0, 0.1) is 11.8 Å². The number of piperidine rings is 1. The molecule has 1 aliphatic carbocycles. The highest BCUT2D eigenvalue weighted by atomic mass is 16.3. The highest BCUT2D eigenvalue weighted by molar-refractivity contribution is 5.98. The van der Waals surface area contributed by atoms with E-state index in [-0.39, 0.29) is 11.9 Å². The molecule has 3 N–H and O–H groups in total. The third-order valence-corrected chi connectivity index (χ3v) is 6.53. The quantitative estimate of drug-likeness (QED) is 0.776. The highest BCUT2D eigenvalue weighted by Gasteiger charge is 2.39. The van der Waals surface area contributed by atoms with Crippen LogP contribution >= 0.6 is 0 Å². The molecule has 5 nitrogen and oxygen atoms in total. The first-order chi connectivity index (χ1) is 12.5. The molecule has 1 saturated carbocycles. The van der Waals surface area contributed by atoms with Gasteiger partial charge in [0, 0.05) is 12.1 Å². The minimum absolute atomic E-state index is 0.000260. The van der Waals surface area contributed by atoms with Gasteiger partial charge in [0.25, 0.3) is 5.91 Å². The third-order valence-electron chi connectivity index (χ3n) is 6.53. The van der Waals surface area contributed by atoms with Crippen molar-refractivity contribution in [1.82, 2.24) is 10.2 Å². The molecule has 1 aromatic rings. The zero-order valence-corrected chi connectivity index (χ0v) is 15.5. The minimum Gasteiger partial charge on any atom is -0.379 e. The van der Waals surface area contributed by atoms with Gasteiger partial charge in [-0.3, -0.25) is 10.1 Å². The Morgan fingerprint density at radius 1 is 1.12 bits per heavy atom. The molecule has 0 spiro atoms. The number of aliphatic hydroxyl groups is 2. The first-order valence-electron chi connectivity index (χ1n) is 10.1. The van der Waals surface area contributed by atoms with E-state index in [9.17, 15) is 15.0 Å². The van der Waals surface area contributed by atoms with E-state index in [1.54, 1.807) is 4.90 Å². The smallest absolute Gasteiger partial charge is 0.254 e. The number of rotatable bonds is 3. The van der Waals surface area contributed by atoms with Crippen molar-refractivity contribution in [1.29, 1.82) is 0 Å². The Labute approximate surface area is 155 Å². The molecule has 142 valence electrons. The summed E-state index contributed by atoms with van der Waals surface area (Å²) in [5.74, 6) is 1.63. The fourth-order valence-corrected chi connectivity index (χ4v) is 4.86. The van der Waals surface area contributed by atoms with Gasteiger partial charge < -0.3 is 15.1 Å². The van der Waals surface area contributed by atoms with Crippen molar-refractivity contribution in [2.24, 2.45) is 11.8 Å². The maximum atomic E-state index is 12.8. The van der Waals surface area contributed by atoms with Gasteiger partial charge in [-0.15, -0.1) is 0 Å². The van der Waals surface area contributed by atoms with Gasteiger partial charge in [-0.1, -0.05) is 31.9 Å². The van der Waals surface area contributed by atoms with Crippen LogP contribution in [0.4, 0.5) is 0 Å². The lowest BCUT2D eigenvalue weighted by atomic mass is 9.80. The molecule has 26 heavy (non-hydrogen) atoms. The van der Waals surface area contributed by atoms with Gasteiger partial charge in [0.05, 0.1) is 6.04 Å². The van der Waals surface area contributed by atoms with Crippen LogP contribution in [-0.4, -0.2) is 39.5 Å². The largest absolute Gasteiger partial charge is 0.379 e. The van der Waals surface area contributed by atoms with E-state index in [4.69, 9.17) is 0 Å². The summed E-state index contributed by atoms with van der Waals surface area (Å²) in [4.78, 5) is 14.5. The Bertz CT molecular complexity index is 669. The molecular formula is C21H30N2O3. The fourth-order valence-electron chi connectivity index (χ4n) is 4.86. The lowest BCUT2D eigenvalue weighted by Crippen LogP contribution is -2.56. The normalized spacial score (nSPS) is 34.8. The molecule has 5 heteroatoms. The molecule has 0 radical (unpaired) electrons. The van der Waals surface area contributed by atoms with Gasteiger partial charge in [0.15, 0.2) is 0 Å². The predicted molar refractivity (Wildman–Crippen MR) is 99.3 cm³/mol. The second-order valence-corrected chi connectivity index (χ2v) is 8.53. The first-order valence-corrected chi connectivity index (χ1v) is 10.1. The zero-order chi connectivity index (χ0) is 18.3. The Hall–Kier alpha value is -1.43. The summed E-state index contributed by atoms with van der Waals surface area (Å²) < 4.78 is 0. The lowest BCUT2D eigenvalue weighted by Gasteiger charge is -2.37. The molecule has 0 aromatic heterocycles. The summed E-state index contributed by atoms with van der Waals surface area (Å²) in [6.45, 7) is 2.91. The van der Waals surface area contributed by atoms with Gasteiger partial charge in [-0.2, -0.15) is 0 Å². The summed E-state index contributed by atoms with van der Waals surface area (Å²) >= 11 is 0. The fraction of sp³-hybridized carbons (Fsp3) is 0.667. The molecule has 1 amide bonds. The average Bonchev–Trinajstić information content (AvgIpc) is 2.93. The van der Waals surface area contributed by atoms with Crippen LogP contribution in [0.15, 0.2) is 18.2 Å². The number of hydrogen-bond donors (Lipinski definition) is 3. The molecule has 1 saturated heterocycles. The van der Waals surface area contributed by atoms with E-state index in [1.807, 2.05) is 6.07 Å². The number of hydrogen-bond acceptors (Lipinski definition) is 4. The van der Waals surface area contributed by atoms with Crippen molar-refractivity contribution in [2.45, 2.75) is 76.9 Å². The van der Waals surface area contributed by atoms with E-state index in [0.29, 0.717) is 19.4 Å². The SMILES string of the molecule is CC1CCC(Cc2ccc3c(c2)CN(C2CCC(O)NC2O)C3=O)CC1. The summed E-state index contributed by atoms with van der Waals surface area (Å²) in [5.41, 5.74) is 3.18. The van der Waals surface area contributed by atoms with Crippen LogP contribution < -0.4 is 5.32 Å². The average molecular weight is 358 g/mol. The van der Waals surface area contributed by atoms with Crippen LogP contribution in [-0.2, 0) is 13.0 Å². The van der Waals surface area contributed by atoms with E-state index in [0.717, 1.165) is 29.4 Å². The number of carbonyl (C=O) groups is 1. The van der Waals surface area contributed by atoms with Crippen molar-refractivity contribution in [3.8, 4) is 0 Å². The topological polar surface area (TPSA) is 72.8 Å². The molecule has 1 aromatic carbocycles. The summed E-state index contributed by atoms with van der Waals surface area (Å²) in [6, 6.07) is 6.00. The zero-order valence-electron chi connectivity index (χ0n) is 15.5. The second kappa shape index (κ2) is 7.29. The number of carbonyl (C=O) groups excluding carboxylic acids is 1. The van der Waals surface area contributed by atoms with Crippen LogP contribution in [0.2, 0.25) is 0 Å².